The number of rotatable bonds is 2. The second-order valence-corrected chi connectivity index (χ2v) is 4.86. The summed E-state index contributed by atoms with van der Waals surface area (Å²) in [5, 5.41) is 14.3. The second kappa shape index (κ2) is 5.25. The maximum atomic E-state index is 12.3. The van der Waals surface area contributed by atoms with Gasteiger partial charge in [-0.25, -0.2) is 0 Å². The number of carbonyl (C=O) groups excluding carboxylic acids is 1. The van der Waals surface area contributed by atoms with E-state index in [1.807, 2.05) is 24.3 Å². The molecule has 3 aromatic rings. The van der Waals surface area contributed by atoms with Crippen molar-refractivity contribution < 1.29 is 9.90 Å². The predicted octanol–water partition coefficient (Wildman–Crippen LogP) is 3.50. The number of aryl methyl sites for hydroxylation is 1. The summed E-state index contributed by atoms with van der Waals surface area (Å²) in [6.45, 7) is 1.76. The van der Waals surface area contributed by atoms with Crippen molar-refractivity contribution in [1.82, 2.24) is 4.98 Å². The van der Waals surface area contributed by atoms with Gasteiger partial charge in [0.25, 0.3) is 5.91 Å². The normalized spacial score (nSPS) is 10.5. The molecule has 0 aliphatic heterocycles. The van der Waals surface area contributed by atoms with E-state index in [2.05, 4.69) is 10.3 Å². The van der Waals surface area contributed by atoms with Crippen molar-refractivity contribution in [3.05, 3.63) is 66.0 Å². The molecule has 0 saturated carbocycles. The molecule has 0 aliphatic carbocycles. The number of aromatic nitrogens is 1. The van der Waals surface area contributed by atoms with Gasteiger partial charge in [0, 0.05) is 23.3 Å². The SMILES string of the molecule is Cc1cc(C(=O)Nc2cccc3ccncc23)ccc1O. The molecule has 0 bridgehead atoms. The fourth-order valence-corrected chi connectivity index (χ4v) is 2.21. The topological polar surface area (TPSA) is 62.2 Å². The molecule has 0 saturated heterocycles. The van der Waals surface area contributed by atoms with E-state index in [4.69, 9.17) is 0 Å². The van der Waals surface area contributed by atoms with Crippen LogP contribution in [0.15, 0.2) is 54.9 Å². The summed E-state index contributed by atoms with van der Waals surface area (Å²) < 4.78 is 0. The molecule has 3 rings (SSSR count). The molecule has 0 unspecified atom stereocenters. The molecule has 21 heavy (non-hydrogen) atoms. The van der Waals surface area contributed by atoms with E-state index in [9.17, 15) is 9.90 Å². The Kier molecular flexibility index (Phi) is 3.28. The summed E-state index contributed by atoms with van der Waals surface area (Å²) in [6, 6.07) is 12.4. The van der Waals surface area contributed by atoms with Gasteiger partial charge in [-0.2, -0.15) is 0 Å². The maximum Gasteiger partial charge on any atom is 0.255 e. The molecule has 4 nitrogen and oxygen atoms in total. The van der Waals surface area contributed by atoms with E-state index < -0.39 is 0 Å². The lowest BCUT2D eigenvalue weighted by Gasteiger charge is -2.09. The fraction of sp³-hybridized carbons (Fsp3) is 0.0588. The average Bonchev–Trinajstić information content (AvgIpc) is 2.50. The highest BCUT2D eigenvalue weighted by atomic mass is 16.3. The Morgan fingerprint density at radius 3 is 2.86 bits per heavy atom. The number of pyridine rings is 1. The molecule has 2 N–H and O–H groups in total. The van der Waals surface area contributed by atoms with Crippen molar-refractivity contribution >= 4 is 22.4 Å². The first-order valence-corrected chi connectivity index (χ1v) is 6.59. The third kappa shape index (κ3) is 2.56. The van der Waals surface area contributed by atoms with Crippen LogP contribution in [0.5, 0.6) is 5.75 Å². The minimum Gasteiger partial charge on any atom is -0.508 e. The summed E-state index contributed by atoms with van der Waals surface area (Å²) in [7, 11) is 0. The number of aromatic hydroxyl groups is 1. The summed E-state index contributed by atoms with van der Waals surface area (Å²) in [5.41, 5.74) is 1.89. The van der Waals surface area contributed by atoms with E-state index >= 15 is 0 Å². The molecule has 4 heteroatoms. The van der Waals surface area contributed by atoms with Gasteiger partial charge in [-0.3, -0.25) is 9.78 Å². The maximum absolute atomic E-state index is 12.3. The molecule has 104 valence electrons. The van der Waals surface area contributed by atoms with Gasteiger partial charge in [-0.15, -0.1) is 0 Å². The number of hydrogen-bond donors (Lipinski definition) is 2. The summed E-state index contributed by atoms with van der Waals surface area (Å²) >= 11 is 0. The highest BCUT2D eigenvalue weighted by Crippen LogP contribution is 2.23. The zero-order chi connectivity index (χ0) is 14.8. The van der Waals surface area contributed by atoms with Gasteiger partial charge < -0.3 is 10.4 Å². The molecule has 0 radical (unpaired) electrons. The monoisotopic (exact) mass is 278 g/mol. The minimum atomic E-state index is -0.213. The Labute approximate surface area is 122 Å². The first-order chi connectivity index (χ1) is 10.1. The number of carbonyl (C=O) groups is 1. The lowest BCUT2D eigenvalue weighted by Crippen LogP contribution is -2.12. The molecular weight excluding hydrogens is 264 g/mol. The molecule has 0 spiro atoms. The first-order valence-electron chi connectivity index (χ1n) is 6.59. The Morgan fingerprint density at radius 2 is 2.05 bits per heavy atom. The van der Waals surface area contributed by atoms with Crippen LogP contribution in [-0.2, 0) is 0 Å². The van der Waals surface area contributed by atoms with Crippen LogP contribution in [0.2, 0.25) is 0 Å². The molecule has 0 aliphatic rings. The second-order valence-electron chi connectivity index (χ2n) is 4.86. The van der Waals surface area contributed by atoms with Crippen LogP contribution in [0, 0.1) is 6.92 Å². The Balaban J connectivity index is 1.94. The number of phenolic OH excluding ortho intramolecular Hbond substituents is 1. The molecule has 1 heterocycles. The molecule has 0 fully saturated rings. The third-order valence-corrected chi connectivity index (χ3v) is 3.39. The van der Waals surface area contributed by atoms with Crippen molar-refractivity contribution in [1.29, 1.82) is 0 Å². The highest BCUT2D eigenvalue weighted by Gasteiger charge is 2.09. The average molecular weight is 278 g/mol. The van der Waals surface area contributed by atoms with Crippen LogP contribution in [0.25, 0.3) is 10.8 Å². The Morgan fingerprint density at radius 1 is 1.19 bits per heavy atom. The van der Waals surface area contributed by atoms with Crippen LogP contribution in [0.4, 0.5) is 5.69 Å². The van der Waals surface area contributed by atoms with E-state index in [1.54, 1.807) is 31.5 Å². The van der Waals surface area contributed by atoms with Crippen molar-refractivity contribution in [3.63, 3.8) is 0 Å². The van der Waals surface area contributed by atoms with Crippen molar-refractivity contribution in [2.45, 2.75) is 6.92 Å². The standard InChI is InChI=1S/C17H14N2O2/c1-11-9-13(5-6-16(11)20)17(21)19-15-4-2-3-12-7-8-18-10-14(12)15/h2-10,20H,1H3,(H,19,21). The number of fused-ring (bicyclic) bond motifs is 1. The van der Waals surface area contributed by atoms with Crippen LogP contribution >= 0.6 is 0 Å². The van der Waals surface area contributed by atoms with E-state index in [0.717, 1.165) is 16.5 Å². The smallest absolute Gasteiger partial charge is 0.255 e. The number of benzene rings is 2. The lowest BCUT2D eigenvalue weighted by atomic mass is 10.1. The van der Waals surface area contributed by atoms with Gasteiger partial charge in [0.1, 0.15) is 5.75 Å². The number of nitrogens with zero attached hydrogens (tertiary/aromatic N) is 1. The third-order valence-electron chi connectivity index (χ3n) is 3.39. The highest BCUT2D eigenvalue weighted by molar-refractivity contribution is 6.09. The number of anilines is 1. The van der Waals surface area contributed by atoms with Crippen molar-refractivity contribution in [2.75, 3.05) is 5.32 Å². The number of amides is 1. The van der Waals surface area contributed by atoms with Crippen LogP contribution in [0.1, 0.15) is 15.9 Å². The quantitative estimate of drug-likeness (QED) is 0.754. The van der Waals surface area contributed by atoms with Crippen LogP contribution < -0.4 is 5.32 Å². The molecular formula is C17H14N2O2. The Bertz CT molecular complexity index is 823. The molecule has 1 amide bonds. The minimum absolute atomic E-state index is 0.181. The molecule has 1 aromatic heterocycles. The van der Waals surface area contributed by atoms with E-state index in [0.29, 0.717) is 11.1 Å². The number of hydrogen-bond acceptors (Lipinski definition) is 3. The van der Waals surface area contributed by atoms with Gasteiger partial charge in [-0.1, -0.05) is 12.1 Å². The zero-order valence-electron chi connectivity index (χ0n) is 11.5. The summed E-state index contributed by atoms with van der Waals surface area (Å²) in [6.07, 6.45) is 3.45. The van der Waals surface area contributed by atoms with Gasteiger partial charge in [0.2, 0.25) is 0 Å². The summed E-state index contributed by atoms with van der Waals surface area (Å²) in [5.74, 6) is -0.0321. The van der Waals surface area contributed by atoms with Gasteiger partial charge in [0.15, 0.2) is 0 Å². The molecule has 0 atom stereocenters. The van der Waals surface area contributed by atoms with Gasteiger partial charge >= 0.3 is 0 Å². The zero-order valence-corrected chi connectivity index (χ0v) is 11.5. The van der Waals surface area contributed by atoms with Crippen molar-refractivity contribution in [2.24, 2.45) is 0 Å². The van der Waals surface area contributed by atoms with Crippen LogP contribution in [-0.4, -0.2) is 16.0 Å². The predicted molar refractivity (Wildman–Crippen MR) is 82.5 cm³/mol. The van der Waals surface area contributed by atoms with Gasteiger partial charge in [0.05, 0.1) is 5.69 Å². The number of phenols is 1. The number of nitrogens with one attached hydrogen (secondary N) is 1. The fourth-order valence-electron chi connectivity index (χ4n) is 2.21. The van der Waals surface area contributed by atoms with Crippen molar-refractivity contribution in [3.8, 4) is 5.75 Å². The first kappa shape index (κ1) is 13.1. The van der Waals surface area contributed by atoms with E-state index in [-0.39, 0.29) is 11.7 Å². The van der Waals surface area contributed by atoms with Crippen LogP contribution in [0.3, 0.4) is 0 Å². The largest absolute Gasteiger partial charge is 0.508 e. The summed E-state index contributed by atoms with van der Waals surface area (Å²) in [4.78, 5) is 16.4. The van der Waals surface area contributed by atoms with E-state index in [1.165, 1.54) is 6.07 Å². The lowest BCUT2D eigenvalue weighted by molar-refractivity contribution is 0.102. The molecule has 2 aromatic carbocycles. The van der Waals surface area contributed by atoms with Gasteiger partial charge in [-0.05, 0) is 48.2 Å². The Hall–Kier alpha value is -2.88.